The number of terminal acetylenes is 1. The zero-order valence-electron chi connectivity index (χ0n) is 11.8. The highest BCUT2D eigenvalue weighted by atomic mass is 15.2. The highest BCUT2D eigenvalue weighted by molar-refractivity contribution is 5.02. The lowest BCUT2D eigenvalue weighted by atomic mass is 9.74. The van der Waals surface area contributed by atoms with Crippen LogP contribution >= 0.6 is 0 Å². The molecule has 0 saturated heterocycles. The molecule has 0 aliphatic heterocycles. The first-order valence-electron chi connectivity index (χ1n) is 7.01. The van der Waals surface area contributed by atoms with Gasteiger partial charge in [0.05, 0.1) is 0 Å². The van der Waals surface area contributed by atoms with Crippen LogP contribution in [0.3, 0.4) is 0 Å². The summed E-state index contributed by atoms with van der Waals surface area (Å²) in [5.41, 5.74) is 0.325. The molecule has 1 aliphatic rings. The molecule has 0 aromatic heterocycles. The van der Waals surface area contributed by atoms with Gasteiger partial charge in [-0.25, -0.2) is 0 Å². The standard InChI is InChI=1S/C15H28N2/c1-5-7-11-14(16-6-2)15(17(3)4)12-9-8-10-13-15/h1,14,16H,6-13H2,2-4H3. The summed E-state index contributed by atoms with van der Waals surface area (Å²) in [6.45, 7) is 3.22. The summed E-state index contributed by atoms with van der Waals surface area (Å²) < 4.78 is 0. The van der Waals surface area contributed by atoms with Crippen molar-refractivity contribution in [2.24, 2.45) is 0 Å². The normalized spacial score (nSPS) is 21.1. The van der Waals surface area contributed by atoms with Crippen LogP contribution in [0.2, 0.25) is 0 Å². The Kier molecular flexibility index (Phi) is 6.02. The topological polar surface area (TPSA) is 15.3 Å². The van der Waals surface area contributed by atoms with Gasteiger partial charge in [0.1, 0.15) is 0 Å². The Labute approximate surface area is 107 Å². The molecule has 1 N–H and O–H groups in total. The van der Waals surface area contributed by atoms with Gasteiger partial charge in [0, 0.05) is 18.0 Å². The van der Waals surface area contributed by atoms with Crippen molar-refractivity contribution < 1.29 is 0 Å². The summed E-state index contributed by atoms with van der Waals surface area (Å²) in [7, 11) is 4.46. The second-order valence-corrected chi connectivity index (χ2v) is 5.41. The minimum absolute atomic E-state index is 0.325. The maximum Gasteiger partial charge on any atom is 0.0356 e. The Morgan fingerprint density at radius 2 is 1.94 bits per heavy atom. The molecule has 0 radical (unpaired) electrons. The van der Waals surface area contributed by atoms with Gasteiger partial charge in [-0.05, 0) is 39.9 Å². The zero-order valence-corrected chi connectivity index (χ0v) is 11.8. The lowest BCUT2D eigenvalue weighted by molar-refractivity contribution is 0.0546. The van der Waals surface area contributed by atoms with E-state index in [0.29, 0.717) is 11.6 Å². The molecule has 0 bridgehead atoms. The molecule has 98 valence electrons. The first kappa shape index (κ1) is 14.5. The second-order valence-electron chi connectivity index (χ2n) is 5.41. The smallest absolute Gasteiger partial charge is 0.0356 e. The molecule has 0 amide bonds. The van der Waals surface area contributed by atoms with E-state index >= 15 is 0 Å². The number of rotatable bonds is 6. The monoisotopic (exact) mass is 236 g/mol. The highest BCUT2D eigenvalue weighted by Gasteiger charge is 2.40. The fourth-order valence-electron chi connectivity index (χ4n) is 3.31. The van der Waals surface area contributed by atoms with E-state index in [2.05, 4.69) is 37.2 Å². The Morgan fingerprint density at radius 1 is 1.29 bits per heavy atom. The van der Waals surface area contributed by atoms with Crippen molar-refractivity contribution in [3.05, 3.63) is 0 Å². The predicted octanol–water partition coefficient (Wildman–Crippen LogP) is 2.64. The van der Waals surface area contributed by atoms with Crippen LogP contribution in [-0.4, -0.2) is 37.1 Å². The van der Waals surface area contributed by atoms with Crippen LogP contribution in [0.15, 0.2) is 0 Å². The predicted molar refractivity (Wildman–Crippen MR) is 75.0 cm³/mol. The molecule has 1 atom stereocenters. The first-order chi connectivity index (χ1) is 8.17. The van der Waals surface area contributed by atoms with Crippen LogP contribution in [0.25, 0.3) is 0 Å². The van der Waals surface area contributed by atoms with Crippen molar-refractivity contribution in [3.8, 4) is 12.3 Å². The van der Waals surface area contributed by atoms with Gasteiger partial charge in [0.2, 0.25) is 0 Å². The van der Waals surface area contributed by atoms with Crippen molar-refractivity contribution >= 4 is 0 Å². The molecular formula is C15H28N2. The molecule has 0 spiro atoms. The first-order valence-corrected chi connectivity index (χ1v) is 7.01. The molecule has 1 unspecified atom stereocenters. The average Bonchev–Trinajstić information content (AvgIpc) is 2.35. The molecule has 0 heterocycles. The third-order valence-electron chi connectivity index (χ3n) is 4.29. The summed E-state index contributed by atoms with van der Waals surface area (Å²) in [5, 5.41) is 3.67. The molecule has 17 heavy (non-hydrogen) atoms. The average molecular weight is 236 g/mol. The summed E-state index contributed by atoms with van der Waals surface area (Å²) in [5.74, 6) is 2.79. The lowest BCUT2D eigenvalue weighted by Gasteiger charge is -2.49. The maximum absolute atomic E-state index is 5.43. The van der Waals surface area contributed by atoms with E-state index in [1.54, 1.807) is 0 Å². The van der Waals surface area contributed by atoms with Gasteiger partial charge < -0.3 is 10.2 Å². The minimum Gasteiger partial charge on any atom is -0.312 e. The van der Waals surface area contributed by atoms with Crippen LogP contribution in [0.1, 0.15) is 51.9 Å². The van der Waals surface area contributed by atoms with Gasteiger partial charge in [-0.3, -0.25) is 0 Å². The summed E-state index contributed by atoms with van der Waals surface area (Å²) >= 11 is 0. The molecule has 1 rings (SSSR count). The molecule has 0 aromatic rings. The number of hydrogen-bond acceptors (Lipinski definition) is 2. The van der Waals surface area contributed by atoms with E-state index in [4.69, 9.17) is 6.42 Å². The van der Waals surface area contributed by atoms with Crippen LogP contribution in [0, 0.1) is 12.3 Å². The maximum atomic E-state index is 5.43. The third-order valence-corrected chi connectivity index (χ3v) is 4.29. The molecule has 1 fully saturated rings. The number of likely N-dealkylation sites (N-methyl/N-ethyl adjacent to an activating group) is 2. The Balaban J connectivity index is 2.79. The molecular weight excluding hydrogens is 208 g/mol. The van der Waals surface area contributed by atoms with Gasteiger partial charge in [-0.2, -0.15) is 0 Å². The molecule has 2 nitrogen and oxygen atoms in total. The molecule has 2 heteroatoms. The summed E-state index contributed by atoms with van der Waals surface area (Å²) in [6, 6.07) is 0.541. The largest absolute Gasteiger partial charge is 0.312 e. The van der Waals surface area contributed by atoms with Gasteiger partial charge in [-0.15, -0.1) is 12.3 Å². The molecule has 0 aromatic carbocycles. The Morgan fingerprint density at radius 3 is 2.41 bits per heavy atom. The van der Waals surface area contributed by atoms with E-state index in [9.17, 15) is 0 Å². The van der Waals surface area contributed by atoms with Gasteiger partial charge in [0.25, 0.3) is 0 Å². The van der Waals surface area contributed by atoms with Crippen LogP contribution in [0.5, 0.6) is 0 Å². The van der Waals surface area contributed by atoms with E-state index < -0.39 is 0 Å². The Hall–Kier alpha value is -0.520. The molecule has 1 saturated carbocycles. The number of nitrogens with zero attached hydrogens (tertiary/aromatic N) is 1. The van der Waals surface area contributed by atoms with Crippen molar-refractivity contribution in [3.63, 3.8) is 0 Å². The van der Waals surface area contributed by atoms with E-state index in [1.807, 2.05) is 0 Å². The van der Waals surface area contributed by atoms with Crippen molar-refractivity contribution in [2.45, 2.75) is 63.5 Å². The quantitative estimate of drug-likeness (QED) is 0.713. The SMILES string of the molecule is C#CCCC(NCC)C1(N(C)C)CCCCC1. The minimum atomic E-state index is 0.325. The van der Waals surface area contributed by atoms with E-state index in [-0.39, 0.29) is 0 Å². The van der Waals surface area contributed by atoms with Crippen molar-refractivity contribution in [1.29, 1.82) is 0 Å². The third kappa shape index (κ3) is 3.47. The zero-order chi connectivity index (χ0) is 12.7. The highest BCUT2D eigenvalue weighted by Crippen LogP contribution is 2.36. The van der Waals surface area contributed by atoms with Crippen LogP contribution < -0.4 is 5.32 Å². The van der Waals surface area contributed by atoms with Gasteiger partial charge >= 0.3 is 0 Å². The fraction of sp³-hybridized carbons (Fsp3) is 0.867. The number of nitrogens with one attached hydrogen (secondary N) is 1. The summed E-state index contributed by atoms with van der Waals surface area (Å²) in [4.78, 5) is 2.44. The van der Waals surface area contributed by atoms with Gasteiger partial charge in [-0.1, -0.05) is 26.2 Å². The van der Waals surface area contributed by atoms with Gasteiger partial charge in [0.15, 0.2) is 0 Å². The summed E-state index contributed by atoms with van der Waals surface area (Å²) in [6.07, 6.45) is 14.1. The van der Waals surface area contributed by atoms with Crippen LogP contribution in [0.4, 0.5) is 0 Å². The lowest BCUT2D eigenvalue weighted by Crippen LogP contribution is -2.59. The van der Waals surface area contributed by atoms with E-state index in [1.165, 1.54) is 32.1 Å². The Bertz CT molecular complexity index is 246. The number of hydrogen-bond donors (Lipinski definition) is 1. The molecule has 1 aliphatic carbocycles. The fourth-order valence-corrected chi connectivity index (χ4v) is 3.31. The van der Waals surface area contributed by atoms with E-state index in [0.717, 1.165) is 19.4 Å². The van der Waals surface area contributed by atoms with Crippen LogP contribution in [-0.2, 0) is 0 Å². The van der Waals surface area contributed by atoms with Crippen molar-refractivity contribution in [2.75, 3.05) is 20.6 Å². The van der Waals surface area contributed by atoms with Crippen molar-refractivity contribution in [1.82, 2.24) is 10.2 Å². The second kappa shape index (κ2) is 7.03.